The van der Waals surface area contributed by atoms with Crippen LogP contribution in [-0.4, -0.2) is 17.3 Å². The maximum absolute atomic E-state index is 12.6. The molecule has 2 amide bonds. The van der Waals surface area contributed by atoms with Gasteiger partial charge in [0.25, 0.3) is 0 Å². The zero-order chi connectivity index (χ0) is 14.0. The predicted molar refractivity (Wildman–Crippen MR) is 64.1 cm³/mol. The van der Waals surface area contributed by atoms with Crippen molar-refractivity contribution in [1.29, 1.82) is 0 Å². The van der Waals surface area contributed by atoms with E-state index in [1.54, 1.807) is 18.2 Å². The van der Waals surface area contributed by atoms with Crippen LogP contribution in [0.2, 0.25) is 0 Å². The first kappa shape index (κ1) is 13.9. The number of imide groups is 1. The van der Waals surface area contributed by atoms with E-state index >= 15 is 0 Å². The van der Waals surface area contributed by atoms with Crippen LogP contribution in [0.5, 0.6) is 0 Å². The van der Waals surface area contributed by atoms with Gasteiger partial charge in [0, 0.05) is 6.42 Å². The van der Waals surface area contributed by atoms with Crippen LogP contribution in [0.15, 0.2) is 30.3 Å². The van der Waals surface area contributed by atoms with Gasteiger partial charge in [0.2, 0.25) is 11.8 Å². The molecule has 0 aromatic heterocycles. The monoisotopic (exact) mass is 289 g/mol. The molecule has 0 radical (unpaired) electrons. The number of halogens is 3. The first-order chi connectivity index (χ1) is 8.87. The van der Waals surface area contributed by atoms with E-state index in [1.165, 1.54) is 12.1 Å². The molecule has 2 unspecified atom stereocenters. The van der Waals surface area contributed by atoms with E-state index in [4.69, 9.17) is 0 Å². The molecule has 0 spiro atoms. The number of hydrogen-bond acceptors (Lipinski definition) is 3. The van der Waals surface area contributed by atoms with Crippen LogP contribution in [0.1, 0.15) is 17.2 Å². The molecule has 1 aromatic carbocycles. The molecule has 3 nitrogen and oxygen atoms in total. The van der Waals surface area contributed by atoms with E-state index < -0.39 is 28.5 Å². The quantitative estimate of drug-likeness (QED) is 0.870. The summed E-state index contributed by atoms with van der Waals surface area (Å²) in [6.07, 6.45) is -0.207. The Hall–Kier alpha value is -1.50. The summed E-state index contributed by atoms with van der Waals surface area (Å²) in [6, 6.07) is 7.94. The third-order valence-corrected chi connectivity index (χ3v) is 3.88. The van der Waals surface area contributed by atoms with Crippen LogP contribution in [0.4, 0.5) is 13.2 Å². The number of carbonyl (C=O) groups is 2. The summed E-state index contributed by atoms with van der Waals surface area (Å²) < 4.78 is 37.8. The lowest BCUT2D eigenvalue weighted by Crippen LogP contribution is -2.25. The number of carbonyl (C=O) groups excluding carboxylic acids is 2. The van der Waals surface area contributed by atoms with Crippen LogP contribution >= 0.6 is 11.8 Å². The molecule has 1 N–H and O–H groups in total. The Morgan fingerprint density at radius 1 is 1.21 bits per heavy atom. The second-order valence-electron chi connectivity index (χ2n) is 4.12. The fourth-order valence-corrected chi connectivity index (χ4v) is 2.95. The van der Waals surface area contributed by atoms with Crippen molar-refractivity contribution in [3.8, 4) is 0 Å². The Bertz CT molecular complexity index is 489. The molecule has 0 bridgehead atoms. The van der Waals surface area contributed by atoms with Crippen LogP contribution < -0.4 is 5.32 Å². The Labute approximate surface area is 111 Å². The van der Waals surface area contributed by atoms with Crippen molar-refractivity contribution in [2.45, 2.75) is 17.2 Å². The van der Waals surface area contributed by atoms with Gasteiger partial charge in [0.15, 0.2) is 0 Å². The number of nitrogens with one attached hydrogen (secondary N) is 1. The Morgan fingerprint density at radius 2 is 1.84 bits per heavy atom. The summed E-state index contributed by atoms with van der Waals surface area (Å²) in [5, 5.41) is 0.940. The lowest BCUT2D eigenvalue weighted by Gasteiger charge is -2.22. The molecule has 19 heavy (non-hydrogen) atoms. The molecule has 1 saturated heterocycles. The lowest BCUT2D eigenvalue weighted by atomic mass is 9.97. The minimum absolute atomic E-state index is 0.207. The van der Waals surface area contributed by atoms with Gasteiger partial charge in [0.05, 0.1) is 11.2 Å². The van der Waals surface area contributed by atoms with Crippen LogP contribution in [0.25, 0.3) is 0 Å². The summed E-state index contributed by atoms with van der Waals surface area (Å²) in [5.74, 6) is -2.16. The van der Waals surface area contributed by atoms with Crippen molar-refractivity contribution in [2.75, 3.05) is 0 Å². The minimum Gasteiger partial charge on any atom is -0.296 e. The van der Waals surface area contributed by atoms with Gasteiger partial charge in [-0.15, -0.1) is 0 Å². The maximum atomic E-state index is 12.6. The molecule has 0 aliphatic carbocycles. The van der Waals surface area contributed by atoms with Crippen molar-refractivity contribution in [3.05, 3.63) is 35.9 Å². The number of hydrogen-bond donors (Lipinski definition) is 1. The lowest BCUT2D eigenvalue weighted by molar-refractivity contribution is -0.125. The smallest absolute Gasteiger partial charge is 0.296 e. The molecule has 1 aliphatic heterocycles. The van der Waals surface area contributed by atoms with Crippen LogP contribution in [0.3, 0.4) is 0 Å². The van der Waals surface area contributed by atoms with Gasteiger partial charge >= 0.3 is 5.51 Å². The summed E-state index contributed by atoms with van der Waals surface area (Å²) in [6.45, 7) is 0. The highest BCUT2D eigenvalue weighted by Crippen LogP contribution is 2.47. The zero-order valence-electron chi connectivity index (χ0n) is 9.61. The SMILES string of the molecule is O=C1CC(C(SC(F)(F)F)c2ccccc2)C(=O)N1. The molecular formula is C12H10F3NO2S. The molecule has 7 heteroatoms. The standard InChI is InChI=1S/C12H10F3NO2S/c13-12(14,15)19-10(7-4-2-1-3-5-7)8-6-9(17)16-11(8)18/h1-5,8,10H,6H2,(H,16,17,18). The molecular weight excluding hydrogens is 279 g/mol. The molecule has 102 valence electrons. The highest BCUT2D eigenvalue weighted by Gasteiger charge is 2.43. The number of amides is 2. The number of benzene rings is 1. The van der Waals surface area contributed by atoms with Gasteiger partial charge < -0.3 is 0 Å². The van der Waals surface area contributed by atoms with Crippen LogP contribution in [0, 0.1) is 5.92 Å². The Balaban J connectivity index is 2.30. The average Bonchev–Trinajstić information content (AvgIpc) is 2.65. The molecule has 1 aliphatic rings. The van der Waals surface area contributed by atoms with Crippen molar-refractivity contribution in [3.63, 3.8) is 0 Å². The van der Waals surface area contributed by atoms with Crippen molar-refractivity contribution >= 4 is 23.6 Å². The van der Waals surface area contributed by atoms with E-state index in [0.717, 1.165) is 0 Å². The topological polar surface area (TPSA) is 46.2 Å². The molecule has 2 atom stereocenters. The largest absolute Gasteiger partial charge is 0.442 e. The first-order valence-corrected chi connectivity index (χ1v) is 6.38. The van der Waals surface area contributed by atoms with E-state index in [9.17, 15) is 22.8 Å². The fraction of sp³-hybridized carbons (Fsp3) is 0.333. The second kappa shape index (κ2) is 5.24. The highest BCUT2D eigenvalue weighted by molar-refractivity contribution is 8.00. The second-order valence-corrected chi connectivity index (χ2v) is 5.32. The minimum atomic E-state index is -4.47. The van der Waals surface area contributed by atoms with Gasteiger partial charge in [-0.2, -0.15) is 13.2 Å². The zero-order valence-corrected chi connectivity index (χ0v) is 10.4. The van der Waals surface area contributed by atoms with E-state index in [0.29, 0.717) is 5.56 Å². The van der Waals surface area contributed by atoms with E-state index in [2.05, 4.69) is 0 Å². The Kier molecular flexibility index (Phi) is 3.84. The molecule has 1 aromatic rings. The Morgan fingerprint density at radius 3 is 2.32 bits per heavy atom. The number of alkyl halides is 3. The normalized spacial score (nSPS) is 21.3. The third-order valence-electron chi connectivity index (χ3n) is 2.76. The van der Waals surface area contributed by atoms with E-state index in [1.807, 2.05) is 5.32 Å². The highest BCUT2D eigenvalue weighted by atomic mass is 32.2. The van der Waals surface area contributed by atoms with Crippen molar-refractivity contribution in [2.24, 2.45) is 5.92 Å². The fourth-order valence-electron chi connectivity index (χ4n) is 1.99. The van der Waals surface area contributed by atoms with Gasteiger partial charge in [-0.25, -0.2) is 0 Å². The van der Waals surface area contributed by atoms with Gasteiger partial charge in [0.1, 0.15) is 0 Å². The summed E-state index contributed by atoms with van der Waals surface area (Å²) in [7, 11) is 0. The summed E-state index contributed by atoms with van der Waals surface area (Å²) >= 11 is -0.255. The molecule has 1 fully saturated rings. The van der Waals surface area contributed by atoms with Gasteiger partial charge in [-0.05, 0) is 17.3 Å². The van der Waals surface area contributed by atoms with Crippen molar-refractivity contribution < 1.29 is 22.8 Å². The number of thioether (sulfide) groups is 1. The van der Waals surface area contributed by atoms with Gasteiger partial charge in [-0.1, -0.05) is 30.3 Å². The van der Waals surface area contributed by atoms with Crippen LogP contribution in [-0.2, 0) is 9.59 Å². The van der Waals surface area contributed by atoms with Crippen molar-refractivity contribution in [1.82, 2.24) is 5.32 Å². The maximum Gasteiger partial charge on any atom is 0.442 e. The third kappa shape index (κ3) is 3.50. The average molecular weight is 289 g/mol. The molecule has 1 heterocycles. The number of rotatable bonds is 3. The summed E-state index contributed by atoms with van der Waals surface area (Å²) in [5.41, 5.74) is -4.08. The predicted octanol–water partition coefficient (Wildman–Crippen LogP) is 2.64. The summed E-state index contributed by atoms with van der Waals surface area (Å²) in [4.78, 5) is 22.7. The molecule has 2 rings (SSSR count). The molecule has 0 saturated carbocycles. The first-order valence-electron chi connectivity index (χ1n) is 5.50. The van der Waals surface area contributed by atoms with E-state index in [-0.39, 0.29) is 18.2 Å². The van der Waals surface area contributed by atoms with Gasteiger partial charge in [-0.3, -0.25) is 14.9 Å².